The van der Waals surface area contributed by atoms with Crippen LogP contribution in [0.4, 0.5) is 0 Å². The van der Waals surface area contributed by atoms with Gasteiger partial charge in [0.05, 0.1) is 5.70 Å². The van der Waals surface area contributed by atoms with Gasteiger partial charge >= 0.3 is 0 Å². The fourth-order valence-electron chi connectivity index (χ4n) is 1.80. The van der Waals surface area contributed by atoms with Gasteiger partial charge in [0.25, 0.3) is 0 Å². The summed E-state index contributed by atoms with van der Waals surface area (Å²) < 4.78 is 2.96. The van der Waals surface area contributed by atoms with Gasteiger partial charge in [-0.15, -0.1) is 10.2 Å². The highest BCUT2D eigenvalue weighted by atomic mass is 79.9. The van der Waals surface area contributed by atoms with Gasteiger partial charge in [-0.1, -0.05) is 39.8 Å². The molecule has 0 radical (unpaired) electrons. The first-order valence-electron chi connectivity index (χ1n) is 5.82. The van der Waals surface area contributed by atoms with E-state index in [2.05, 4.69) is 43.7 Å². The number of nitrogens with one attached hydrogen (secondary N) is 1. The number of halogens is 1. The van der Waals surface area contributed by atoms with Crippen molar-refractivity contribution in [2.75, 3.05) is 12.0 Å². The monoisotopic (exact) mass is 337 g/mol. The fraction of sp³-hybridized carbons (Fsp3) is 0.167. The molecule has 2 heterocycles. The van der Waals surface area contributed by atoms with Crippen LogP contribution in [0.5, 0.6) is 0 Å². The van der Waals surface area contributed by atoms with Crippen molar-refractivity contribution in [1.29, 1.82) is 0 Å². The number of nitrogens with two attached hydrogens (primary N) is 1. The molecule has 98 valence electrons. The van der Waals surface area contributed by atoms with E-state index in [1.165, 1.54) is 0 Å². The molecule has 3 rings (SSSR count). The summed E-state index contributed by atoms with van der Waals surface area (Å²) in [5, 5.41) is 11.1. The Morgan fingerprint density at radius 3 is 2.79 bits per heavy atom. The van der Waals surface area contributed by atoms with Gasteiger partial charge in [-0.05, 0) is 18.7 Å². The molecule has 7 heteroatoms. The molecule has 0 saturated heterocycles. The molecule has 0 aliphatic carbocycles. The van der Waals surface area contributed by atoms with Gasteiger partial charge in [-0.3, -0.25) is 5.43 Å². The number of benzene rings is 1. The molecule has 0 amide bonds. The number of nitrogens with zero attached hydrogens (tertiary/aromatic N) is 3. The Morgan fingerprint density at radius 2 is 2.05 bits per heavy atom. The normalized spacial score (nSPS) is 13.7. The zero-order valence-electron chi connectivity index (χ0n) is 10.0. The van der Waals surface area contributed by atoms with E-state index < -0.39 is 0 Å². The Morgan fingerprint density at radius 1 is 1.26 bits per heavy atom. The highest BCUT2D eigenvalue weighted by Crippen LogP contribution is 2.28. The lowest BCUT2D eigenvalue weighted by molar-refractivity contribution is 0.755. The van der Waals surface area contributed by atoms with Crippen LogP contribution in [0.15, 0.2) is 39.3 Å². The van der Waals surface area contributed by atoms with Crippen LogP contribution in [0.25, 0.3) is 5.70 Å². The van der Waals surface area contributed by atoms with Crippen LogP contribution in [0.2, 0.25) is 0 Å². The van der Waals surface area contributed by atoms with Gasteiger partial charge in [0.1, 0.15) is 0 Å². The molecule has 1 aliphatic heterocycles. The first-order chi connectivity index (χ1) is 9.28. The maximum absolute atomic E-state index is 5.58. The Kier molecular flexibility index (Phi) is 3.58. The second-order valence-electron chi connectivity index (χ2n) is 4.04. The van der Waals surface area contributed by atoms with Crippen molar-refractivity contribution in [3.05, 3.63) is 45.5 Å². The van der Waals surface area contributed by atoms with Gasteiger partial charge < -0.3 is 5.73 Å². The maximum Gasteiger partial charge on any atom is 0.214 e. The number of hydrogen-bond acceptors (Lipinski definition) is 5. The predicted molar refractivity (Wildman–Crippen MR) is 80.1 cm³/mol. The highest BCUT2D eigenvalue weighted by molar-refractivity contribution is 9.10. The Bertz CT molecular complexity index is 620. The van der Waals surface area contributed by atoms with Gasteiger partial charge in [-0.25, -0.2) is 4.68 Å². The van der Waals surface area contributed by atoms with Crippen LogP contribution in [-0.4, -0.2) is 21.4 Å². The number of thioether (sulfide) groups is 1. The van der Waals surface area contributed by atoms with Crippen molar-refractivity contribution in [1.82, 2.24) is 14.9 Å². The Hall–Kier alpha value is -1.31. The zero-order chi connectivity index (χ0) is 13.2. The van der Waals surface area contributed by atoms with Crippen molar-refractivity contribution >= 4 is 33.4 Å². The minimum atomic E-state index is 0.557. The summed E-state index contributed by atoms with van der Waals surface area (Å²) in [5.41, 5.74) is 11.1. The van der Waals surface area contributed by atoms with Crippen molar-refractivity contribution in [2.24, 2.45) is 5.73 Å². The molecule has 0 atom stereocenters. The molecule has 0 fully saturated rings. The lowest BCUT2D eigenvalue weighted by Gasteiger charge is -2.19. The maximum atomic E-state index is 5.58. The quantitative estimate of drug-likeness (QED) is 0.898. The minimum absolute atomic E-state index is 0.557. The molecule has 0 unspecified atom stereocenters. The number of aromatic nitrogens is 3. The number of fused-ring (bicyclic) bond motifs is 1. The van der Waals surface area contributed by atoms with E-state index in [4.69, 9.17) is 5.73 Å². The van der Waals surface area contributed by atoms with Crippen molar-refractivity contribution < 1.29 is 0 Å². The molecule has 0 saturated carbocycles. The van der Waals surface area contributed by atoms with Crippen molar-refractivity contribution in [3.8, 4) is 0 Å². The van der Waals surface area contributed by atoms with Crippen molar-refractivity contribution in [3.63, 3.8) is 0 Å². The molecule has 19 heavy (non-hydrogen) atoms. The molecule has 3 N–H and O–H groups in total. The third-order valence-corrected chi connectivity index (χ3v) is 4.10. The summed E-state index contributed by atoms with van der Waals surface area (Å²) in [6.07, 6.45) is 0.703. The lowest BCUT2D eigenvalue weighted by atomic mass is 10.2. The van der Waals surface area contributed by atoms with Crippen LogP contribution < -0.4 is 11.2 Å². The fourth-order valence-corrected chi connectivity index (χ4v) is 2.82. The van der Waals surface area contributed by atoms with E-state index in [0.29, 0.717) is 13.0 Å². The van der Waals surface area contributed by atoms with E-state index in [1.54, 1.807) is 11.8 Å². The summed E-state index contributed by atoms with van der Waals surface area (Å²) in [6, 6.07) is 8.15. The smallest absolute Gasteiger partial charge is 0.214 e. The van der Waals surface area contributed by atoms with Crippen LogP contribution in [0.1, 0.15) is 11.4 Å². The van der Waals surface area contributed by atoms with Gasteiger partial charge in [0.2, 0.25) is 5.16 Å². The third kappa shape index (κ3) is 2.54. The summed E-state index contributed by atoms with van der Waals surface area (Å²) in [6.45, 7) is 0.557. The second kappa shape index (κ2) is 5.36. The van der Waals surface area contributed by atoms with E-state index in [0.717, 1.165) is 26.7 Å². The van der Waals surface area contributed by atoms with Crippen LogP contribution in [0, 0.1) is 0 Å². The SMILES string of the molecule is NCCc1nnc2n1NC(c1ccc(Br)cc1)=CS2. The van der Waals surface area contributed by atoms with Crippen molar-refractivity contribution in [2.45, 2.75) is 11.6 Å². The molecule has 0 spiro atoms. The van der Waals surface area contributed by atoms with Crippen LogP contribution >= 0.6 is 27.7 Å². The summed E-state index contributed by atoms with van der Waals surface area (Å²) in [4.78, 5) is 0. The average Bonchev–Trinajstić information content (AvgIpc) is 2.83. The topological polar surface area (TPSA) is 68.8 Å². The largest absolute Gasteiger partial charge is 0.330 e. The number of hydrogen-bond donors (Lipinski definition) is 2. The van der Waals surface area contributed by atoms with E-state index >= 15 is 0 Å². The average molecular weight is 338 g/mol. The zero-order valence-corrected chi connectivity index (χ0v) is 12.4. The van der Waals surface area contributed by atoms with Gasteiger partial charge in [-0.2, -0.15) is 0 Å². The molecule has 1 aromatic carbocycles. The van der Waals surface area contributed by atoms with Crippen LogP contribution in [0.3, 0.4) is 0 Å². The van der Waals surface area contributed by atoms with Gasteiger partial charge in [0.15, 0.2) is 5.82 Å². The second-order valence-corrected chi connectivity index (χ2v) is 5.79. The van der Waals surface area contributed by atoms with E-state index in [1.807, 2.05) is 22.2 Å². The van der Waals surface area contributed by atoms with E-state index in [9.17, 15) is 0 Å². The molecule has 0 bridgehead atoms. The van der Waals surface area contributed by atoms with Crippen LogP contribution in [-0.2, 0) is 6.42 Å². The first-order valence-corrected chi connectivity index (χ1v) is 7.49. The lowest BCUT2D eigenvalue weighted by Crippen LogP contribution is -2.21. The molecular formula is C12H12BrN5S. The Labute approximate surface area is 123 Å². The Balaban J connectivity index is 1.88. The molecule has 1 aromatic heterocycles. The molecule has 5 nitrogen and oxygen atoms in total. The molecule has 2 aromatic rings. The summed E-state index contributed by atoms with van der Waals surface area (Å²) in [5.74, 6) is 0.854. The standard InChI is InChI=1S/C12H12BrN5S/c13-9-3-1-8(2-4-9)10-7-19-12-16-15-11(5-6-14)18(12)17-10/h1-4,7,17H,5-6,14H2. The van der Waals surface area contributed by atoms with Gasteiger partial charge in [0, 0.05) is 21.9 Å². The number of rotatable bonds is 3. The summed E-state index contributed by atoms with van der Waals surface area (Å²) >= 11 is 4.99. The summed E-state index contributed by atoms with van der Waals surface area (Å²) in [7, 11) is 0. The highest BCUT2D eigenvalue weighted by Gasteiger charge is 2.17. The predicted octanol–water partition coefficient (Wildman–Crippen LogP) is 2.19. The van der Waals surface area contributed by atoms with E-state index in [-0.39, 0.29) is 0 Å². The third-order valence-electron chi connectivity index (χ3n) is 2.74. The minimum Gasteiger partial charge on any atom is -0.330 e. The first kappa shape index (κ1) is 12.7. The molecular weight excluding hydrogens is 326 g/mol. The molecule has 1 aliphatic rings.